The van der Waals surface area contributed by atoms with Gasteiger partial charge in [0.1, 0.15) is 0 Å². The van der Waals surface area contributed by atoms with Gasteiger partial charge in [-0.25, -0.2) is 0 Å². The Morgan fingerprint density at radius 2 is 2.24 bits per heavy atom. The van der Waals surface area contributed by atoms with Crippen LogP contribution in [-0.4, -0.2) is 12.3 Å². The zero-order valence-corrected chi connectivity index (χ0v) is 12.8. The molecule has 2 aromatic rings. The molecule has 0 bridgehead atoms. The van der Waals surface area contributed by atoms with E-state index >= 15 is 0 Å². The first-order valence-corrected chi connectivity index (χ1v) is 7.56. The van der Waals surface area contributed by atoms with Crippen LogP contribution in [0.25, 0.3) is 0 Å². The SMILES string of the molecule is O=COC1OCc2cc(C(=O)c3cccs3)c(Cl)c(Cl)c21. The van der Waals surface area contributed by atoms with Crippen molar-refractivity contribution >= 4 is 46.8 Å². The minimum atomic E-state index is -0.881. The highest BCUT2D eigenvalue weighted by Gasteiger charge is 2.31. The zero-order chi connectivity index (χ0) is 15.0. The molecule has 0 radical (unpaired) electrons. The van der Waals surface area contributed by atoms with Gasteiger partial charge in [0.2, 0.25) is 12.1 Å². The van der Waals surface area contributed by atoms with Crippen molar-refractivity contribution in [3.63, 3.8) is 0 Å². The van der Waals surface area contributed by atoms with Crippen LogP contribution in [-0.2, 0) is 20.9 Å². The van der Waals surface area contributed by atoms with Crippen molar-refractivity contribution in [2.75, 3.05) is 0 Å². The fourth-order valence-corrected chi connectivity index (χ4v) is 3.41. The standard InChI is InChI=1S/C14H8Cl2O4S/c15-11-8(13(18)9-2-1-3-21-9)4-7-5-19-14(20-6-17)10(7)12(11)16/h1-4,6,14H,5H2. The maximum atomic E-state index is 12.4. The van der Waals surface area contributed by atoms with Gasteiger partial charge in [-0.1, -0.05) is 29.3 Å². The third kappa shape index (κ3) is 2.46. The lowest BCUT2D eigenvalue weighted by Crippen LogP contribution is -2.05. The van der Waals surface area contributed by atoms with Crippen molar-refractivity contribution < 1.29 is 19.1 Å². The molecule has 108 valence electrons. The third-order valence-corrected chi connectivity index (χ3v) is 4.88. The van der Waals surface area contributed by atoms with Gasteiger partial charge in [-0.15, -0.1) is 11.3 Å². The quantitative estimate of drug-likeness (QED) is 0.622. The number of halogens is 2. The fourth-order valence-electron chi connectivity index (χ4n) is 2.18. The maximum absolute atomic E-state index is 12.4. The maximum Gasteiger partial charge on any atom is 0.295 e. The number of hydrogen-bond donors (Lipinski definition) is 0. The Labute approximate surface area is 134 Å². The number of fused-ring (bicyclic) bond motifs is 1. The van der Waals surface area contributed by atoms with E-state index in [1.54, 1.807) is 18.2 Å². The summed E-state index contributed by atoms with van der Waals surface area (Å²) < 4.78 is 10.1. The van der Waals surface area contributed by atoms with Gasteiger partial charge >= 0.3 is 0 Å². The molecule has 7 heteroatoms. The highest BCUT2D eigenvalue weighted by molar-refractivity contribution is 7.12. The Hall–Kier alpha value is -1.40. The van der Waals surface area contributed by atoms with Gasteiger partial charge in [0.05, 0.1) is 21.5 Å². The molecule has 0 saturated heterocycles. The predicted molar refractivity (Wildman–Crippen MR) is 78.9 cm³/mol. The number of rotatable bonds is 4. The number of ether oxygens (including phenoxy) is 2. The molecule has 1 atom stereocenters. The van der Waals surface area contributed by atoms with Crippen LogP contribution in [0.4, 0.5) is 0 Å². The number of ketones is 1. The normalized spacial score (nSPS) is 16.6. The van der Waals surface area contributed by atoms with E-state index in [4.69, 9.17) is 32.7 Å². The van der Waals surface area contributed by atoms with Gasteiger partial charge in [-0.3, -0.25) is 9.59 Å². The first-order chi connectivity index (χ1) is 10.1. The van der Waals surface area contributed by atoms with Crippen molar-refractivity contribution in [3.05, 3.63) is 55.2 Å². The van der Waals surface area contributed by atoms with Crippen LogP contribution in [0.3, 0.4) is 0 Å². The summed E-state index contributed by atoms with van der Waals surface area (Å²) in [6.45, 7) is 0.490. The van der Waals surface area contributed by atoms with E-state index in [0.29, 0.717) is 21.6 Å². The van der Waals surface area contributed by atoms with Crippen LogP contribution in [0.1, 0.15) is 32.7 Å². The molecule has 0 spiro atoms. The van der Waals surface area contributed by atoms with Gasteiger partial charge in [0, 0.05) is 11.1 Å². The van der Waals surface area contributed by atoms with Gasteiger partial charge < -0.3 is 9.47 Å². The zero-order valence-electron chi connectivity index (χ0n) is 10.5. The topological polar surface area (TPSA) is 52.6 Å². The minimum absolute atomic E-state index is 0.138. The smallest absolute Gasteiger partial charge is 0.295 e. The van der Waals surface area contributed by atoms with Crippen molar-refractivity contribution in [3.8, 4) is 0 Å². The summed E-state index contributed by atoms with van der Waals surface area (Å²) >= 11 is 13.8. The van der Waals surface area contributed by atoms with E-state index in [9.17, 15) is 9.59 Å². The summed E-state index contributed by atoms with van der Waals surface area (Å²) in [5.74, 6) is -0.195. The van der Waals surface area contributed by atoms with E-state index in [1.807, 2.05) is 5.38 Å². The second-order valence-electron chi connectivity index (χ2n) is 4.31. The Bertz CT molecular complexity index is 712. The molecule has 0 aliphatic carbocycles. The molecule has 0 N–H and O–H groups in total. The predicted octanol–water partition coefficient (Wildman–Crippen LogP) is 3.99. The van der Waals surface area contributed by atoms with Crippen LogP contribution in [0.15, 0.2) is 23.6 Å². The molecular formula is C14H8Cl2O4S. The summed E-state index contributed by atoms with van der Waals surface area (Å²) in [5.41, 5.74) is 1.51. The van der Waals surface area contributed by atoms with Crippen LogP contribution in [0.2, 0.25) is 10.0 Å². The number of carbonyl (C=O) groups is 2. The highest BCUT2D eigenvalue weighted by atomic mass is 35.5. The van der Waals surface area contributed by atoms with Crippen LogP contribution >= 0.6 is 34.5 Å². The van der Waals surface area contributed by atoms with Crippen LogP contribution in [0.5, 0.6) is 0 Å². The molecule has 0 amide bonds. The molecule has 2 heterocycles. The molecule has 1 aliphatic heterocycles. The minimum Gasteiger partial charge on any atom is -0.433 e. The lowest BCUT2D eigenvalue weighted by Gasteiger charge is -2.12. The van der Waals surface area contributed by atoms with Gasteiger partial charge in [0.15, 0.2) is 0 Å². The average molecular weight is 343 g/mol. The van der Waals surface area contributed by atoms with E-state index in [-0.39, 0.29) is 28.9 Å². The second kappa shape index (κ2) is 5.77. The molecule has 4 nitrogen and oxygen atoms in total. The number of carbonyl (C=O) groups excluding carboxylic acids is 2. The van der Waals surface area contributed by atoms with Crippen molar-refractivity contribution in [1.29, 1.82) is 0 Å². The summed E-state index contributed by atoms with van der Waals surface area (Å²) in [4.78, 5) is 23.5. The summed E-state index contributed by atoms with van der Waals surface area (Å²) in [6, 6.07) is 5.15. The van der Waals surface area contributed by atoms with E-state index in [0.717, 1.165) is 0 Å². The Morgan fingerprint density at radius 3 is 2.90 bits per heavy atom. The first-order valence-electron chi connectivity index (χ1n) is 5.93. The van der Waals surface area contributed by atoms with Gasteiger partial charge in [-0.2, -0.15) is 0 Å². The highest BCUT2D eigenvalue weighted by Crippen LogP contribution is 2.42. The Morgan fingerprint density at radius 1 is 1.43 bits per heavy atom. The molecule has 1 unspecified atom stereocenters. The van der Waals surface area contributed by atoms with Gasteiger partial charge in [0.25, 0.3) is 6.47 Å². The molecule has 0 saturated carbocycles. The molecule has 3 rings (SSSR count). The van der Waals surface area contributed by atoms with E-state index < -0.39 is 6.29 Å². The van der Waals surface area contributed by atoms with Crippen LogP contribution < -0.4 is 0 Å². The fraction of sp³-hybridized carbons (Fsp3) is 0.143. The monoisotopic (exact) mass is 342 g/mol. The average Bonchev–Trinajstić information content (AvgIpc) is 3.12. The van der Waals surface area contributed by atoms with Gasteiger partial charge in [-0.05, 0) is 23.1 Å². The van der Waals surface area contributed by atoms with Crippen molar-refractivity contribution in [1.82, 2.24) is 0 Å². The number of benzene rings is 1. The van der Waals surface area contributed by atoms with Crippen LogP contribution in [0, 0.1) is 0 Å². The lowest BCUT2D eigenvalue weighted by molar-refractivity contribution is -0.162. The summed E-state index contributed by atoms with van der Waals surface area (Å²) in [5, 5.41) is 2.13. The molecule has 1 aliphatic rings. The van der Waals surface area contributed by atoms with Crippen molar-refractivity contribution in [2.24, 2.45) is 0 Å². The molecule has 0 fully saturated rings. The summed E-state index contributed by atoms with van der Waals surface area (Å²) in [7, 11) is 0. The summed E-state index contributed by atoms with van der Waals surface area (Å²) in [6.07, 6.45) is -0.881. The van der Waals surface area contributed by atoms with E-state index in [2.05, 4.69) is 0 Å². The Kier molecular flexibility index (Phi) is 3.99. The molecule has 1 aromatic heterocycles. The lowest BCUT2D eigenvalue weighted by atomic mass is 10.0. The van der Waals surface area contributed by atoms with Crippen molar-refractivity contribution in [2.45, 2.75) is 12.9 Å². The number of hydrogen-bond acceptors (Lipinski definition) is 5. The first kappa shape index (κ1) is 14.5. The molecule has 1 aromatic carbocycles. The largest absolute Gasteiger partial charge is 0.433 e. The third-order valence-electron chi connectivity index (χ3n) is 3.12. The number of thiophene rings is 1. The van der Waals surface area contributed by atoms with E-state index in [1.165, 1.54) is 11.3 Å². The molecule has 21 heavy (non-hydrogen) atoms. The Balaban J connectivity index is 2.08. The second-order valence-corrected chi connectivity index (χ2v) is 6.01. The molecular weight excluding hydrogens is 335 g/mol.